The number of hydrogen-bond donors (Lipinski definition) is 2. The number of rotatable bonds is 9. The lowest BCUT2D eigenvalue weighted by molar-refractivity contribution is -0.384. The van der Waals surface area contributed by atoms with E-state index in [-0.39, 0.29) is 11.5 Å². The van der Waals surface area contributed by atoms with Crippen LogP contribution in [0.25, 0.3) is 0 Å². The topological polar surface area (TPSA) is 110 Å². The van der Waals surface area contributed by atoms with Crippen LogP contribution in [0.2, 0.25) is 0 Å². The minimum atomic E-state index is -1.02. The Morgan fingerprint density at radius 1 is 1.48 bits per heavy atom. The number of hydrogen-bond acceptors (Lipinski definition) is 5. The average Bonchev–Trinajstić information content (AvgIpc) is 2.70. The van der Waals surface area contributed by atoms with Gasteiger partial charge < -0.3 is 10.4 Å². The highest BCUT2D eigenvalue weighted by atomic mass is 16.6. The number of carboxylic acids is 1. The molecular weight excluding hydrogens is 276 g/mol. The minimum Gasteiger partial charge on any atom is -0.480 e. The van der Waals surface area contributed by atoms with Gasteiger partial charge in [-0.15, -0.1) is 0 Å². The van der Waals surface area contributed by atoms with Crippen molar-refractivity contribution >= 4 is 17.5 Å². The fraction of sp³-hybridized carbons (Fsp3) is 0.692. The fourth-order valence-electron chi connectivity index (χ4n) is 2.16. The number of carbonyl (C=O) groups is 1. The molecule has 8 heteroatoms. The van der Waals surface area contributed by atoms with Gasteiger partial charge in [0.05, 0.1) is 4.92 Å². The monoisotopic (exact) mass is 298 g/mol. The second-order valence-electron chi connectivity index (χ2n) is 4.95. The van der Waals surface area contributed by atoms with E-state index in [1.54, 1.807) is 7.05 Å². The van der Waals surface area contributed by atoms with E-state index in [0.29, 0.717) is 18.5 Å². The zero-order valence-electron chi connectivity index (χ0n) is 12.6. The van der Waals surface area contributed by atoms with Crippen molar-refractivity contribution in [2.24, 2.45) is 7.05 Å². The summed E-state index contributed by atoms with van der Waals surface area (Å²) in [6.45, 7) is 3.87. The summed E-state index contributed by atoms with van der Waals surface area (Å²) in [6, 6.07) is -0.853. The van der Waals surface area contributed by atoms with Crippen LogP contribution in [0, 0.1) is 10.1 Å². The van der Waals surface area contributed by atoms with E-state index >= 15 is 0 Å². The molecule has 8 nitrogen and oxygen atoms in total. The van der Waals surface area contributed by atoms with E-state index in [1.165, 1.54) is 4.68 Å². The quantitative estimate of drug-likeness (QED) is 0.534. The van der Waals surface area contributed by atoms with Gasteiger partial charge in [0.1, 0.15) is 11.7 Å². The van der Waals surface area contributed by atoms with Crippen molar-refractivity contribution in [2.75, 3.05) is 5.32 Å². The number of aryl methyl sites for hydroxylation is 2. The van der Waals surface area contributed by atoms with Crippen LogP contribution in [0.4, 0.5) is 11.5 Å². The number of nitrogens with one attached hydrogen (secondary N) is 1. The number of nitro groups is 1. The van der Waals surface area contributed by atoms with E-state index in [1.807, 2.05) is 13.8 Å². The third-order valence-electron chi connectivity index (χ3n) is 3.22. The molecule has 0 radical (unpaired) electrons. The molecule has 1 unspecified atom stereocenters. The van der Waals surface area contributed by atoms with E-state index in [2.05, 4.69) is 10.4 Å². The Hall–Kier alpha value is -2.12. The van der Waals surface area contributed by atoms with Gasteiger partial charge in [-0.1, -0.05) is 33.1 Å². The maximum Gasteiger partial charge on any atom is 0.334 e. The molecule has 0 saturated heterocycles. The summed E-state index contributed by atoms with van der Waals surface area (Å²) in [7, 11) is 1.58. The van der Waals surface area contributed by atoms with E-state index < -0.39 is 16.9 Å². The van der Waals surface area contributed by atoms with Gasteiger partial charge >= 0.3 is 11.7 Å². The second-order valence-corrected chi connectivity index (χ2v) is 4.95. The molecule has 1 heterocycles. The highest BCUT2D eigenvalue weighted by Crippen LogP contribution is 2.30. The molecule has 0 aliphatic carbocycles. The predicted octanol–water partition coefficient (Wildman–Crippen LogP) is 2.34. The SMILES string of the molecule is CCCCC(Nc1c([N+](=O)[O-])c(CCC)nn1C)C(=O)O. The molecule has 2 N–H and O–H groups in total. The van der Waals surface area contributed by atoms with Crippen LogP contribution >= 0.6 is 0 Å². The Bertz CT molecular complexity index is 513. The Labute approximate surface area is 123 Å². The molecule has 21 heavy (non-hydrogen) atoms. The first kappa shape index (κ1) is 16.9. The number of aromatic nitrogens is 2. The van der Waals surface area contributed by atoms with Crippen LogP contribution in [0.1, 0.15) is 45.2 Å². The number of aliphatic carboxylic acids is 1. The van der Waals surface area contributed by atoms with Gasteiger partial charge in [0.25, 0.3) is 0 Å². The summed E-state index contributed by atoms with van der Waals surface area (Å²) in [6.07, 6.45) is 3.22. The molecule has 1 atom stereocenters. The molecule has 0 aromatic carbocycles. The molecule has 118 valence electrons. The maximum atomic E-state index is 11.3. The molecule has 1 aromatic heterocycles. The summed E-state index contributed by atoms with van der Waals surface area (Å²) in [5.74, 6) is -0.858. The van der Waals surface area contributed by atoms with Gasteiger partial charge in [-0.3, -0.25) is 10.1 Å². The van der Waals surface area contributed by atoms with Crippen LogP contribution in [0.15, 0.2) is 0 Å². The van der Waals surface area contributed by atoms with E-state index in [4.69, 9.17) is 0 Å². The van der Waals surface area contributed by atoms with E-state index in [9.17, 15) is 20.0 Å². The molecule has 0 saturated carbocycles. The van der Waals surface area contributed by atoms with Gasteiger partial charge in [0, 0.05) is 7.05 Å². The number of carboxylic acid groups (broad SMARTS) is 1. The molecule has 0 bridgehead atoms. The van der Waals surface area contributed by atoms with Gasteiger partial charge in [-0.05, 0) is 12.8 Å². The van der Waals surface area contributed by atoms with Gasteiger partial charge in [0.2, 0.25) is 5.82 Å². The third-order valence-corrected chi connectivity index (χ3v) is 3.22. The molecule has 0 fully saturated rings. The fourth-order valence-corrected chi connectivity index (χ4v) is 2.16. The van der Waals surface area contributed by atoms with Crippen molar-refractivity contribution in [3.63, 3.8) is 0 Å². The Balaban J connectivity index is 3.10. The molecule has 0 spiro atoms. The first-order chi connectivity index (χ1) is 9.92. The average molecular weight is 298 g/mol. The number of nitrogens with zero attached hydrogens (tertiary/aromatic N) is 3. The molecule has 0 amide bonds. The number of anilines is 1. The summed E-state index contributed by atoms with van der Waals surface area (Å²) in [4.78, 5) is 22.0. The van der Waals surface area contributed by atoms with Crippen molar-refractivity contribution in [3.8, 4) is 0 Å². The van der Waals surface area contributed by atoms with Crippen molar-refractivity contribution in [3.05, 3.63) is 15.8 Å². The first-order valence-corrected chi connectivity index (χ1v) is 7.11. The lowest BCUT2D eigenvalue weighted by atomic mass is 10.1. The second kappa shape index (κ2) is 7.61. The Morgan fingerprint density at radius 3 is 2.62 bits per heavy atom. The number of unbranched alkanes of at least 4 members (excludes halogenated alkanes) is 1. The highest BCUT2D eigenvalue weighted by molar-refractivity contribution is 5.78. The van der Waals surface area contributed by atoms with Gasteiger partial charge in [-0.25, -0.2) is 9.48 Å². The smallest absolute Gasteiger partial charge is 0.334 e. The van der Waals surface area contributed by atoms with Crippen LogP contribution in [-0.4, -0.2) is 31.8 Å². The summed E-state index contributed by atoms with van der Waals surface area (Å²) < 4.78 is 1.35. The largest absolute Gasteiger partial charge is 0.480 e. The van der Waals surface area contributed by atoms with Gasteiger partial charge in [-0.2, -0.15) is 5.10 Å². The molecule has 1 aromatic rings. The van der Waals surface area contributed by atoms with Crippen LogP contribution in [-0.2, 0) is 18.3 Å². The van der Waals surface area contributed by atoms with Crippen LogP contribution in [0.5, 0.6) is 0 Å². The zero-order valence-corrected chi connectivity index (χ0v) is 12.6. The zero-order chi connectivity index (χ0) is 16.0. The van der Waals surface area contributed by atoms with Crippen LogP contribution in [0.3, 0.4) is 0 Å². The van der Waals surface area contributed by atoms with E-state index in [0.717, 1.165) is 19.3 Å². The summed E-state index contributed by atoms with van der Waals surface area (Å²) >= 11 is 0. The molecule has 0 aliphatic heterocycles. The lowest BCUT2D eigenvalue weighted by Gasteiger charge is -2.14. The Kier molecular flexibility index (Phi) is 6.13. The normalized spacial score (nSPS) is 12.1. The predicted molar refractivity (Wildman–Crippen MR) is 78.4 cm³/mol. The van der Waals surface area contributed by atoms with Crippen molar-refractivity contribution in [1.82, 2.24) is 9.78 Å². The van der Waals surface area contributed by atoms with Crippen molar-refractivity contribution in [2.45, 2.75) is 52.0 Å². The molecule has 0 aliphatic rings. The third kappa shape index (κ3) is 4.17. The van der Waals surface area contributed by atoms with Crippen molar-refractivity contribution < 1.29 is 14.8 Å². The lowest BCUT2D eigenvalue weighted by Crippen LogP contribution is -2.30. The standard InChI is InChI=1S/C13H22N4O4/c1-4-6-8-10(13(18)19)14-12-11(17(20)21)9(7-5-2)15-16(12)3/h10,14H,4-8H2,1-3H3,(H,18,19). The minimum absolute atomic E-state index is 0.123. The molecule has 1 rings (SSSR count). The van der Waals surface area contributed by atoms with Crippen LogP contribution < -0.4 is 5.32 Å². The van der Waals surface area contributed by atoms with Gasteiger partial charge in [0.15, 0.2) is 0 Å². The Morgan fingerprint density at radius 2 is 2.14 bits per heavy atom. The highest BCUT2D eigenvalue weighted by Gasteiger charge is 2.29. The molecular formula is C13H22N4O4. The van der Waals surface area contributed by atoms with Crippen molar-refractivity contribution in [1.29, 1.82) is 0 Å². The maximum absolute atomic E-state index is 11.3. The first-order valence-electron chi connectivity index (χ1n) is 7.11. The summed E-state index contributed by atoms with van der Waals surface area (Å²) in [5.41, 5.74) is 0.259. The summed E-state index contributed by atoms with van der Waals surface area (Å²) in [5, 5.41) is 27.4.